The van der Waals surface area contributed by atoms with Gasteiger partial charge >= 0.3 is 6.18 Å². The molecule has 5 heterocycles. The van der Waals surface area contributed by atoms with Crippen LogP contribution in [-0.4, -0.2) is 69.0 Å². The largest absolute Gasteiger partial charge is 0.504 e. The fourth-order valence-electron chi connectivity index (χ4n) is 7.55. The first-order chi connectivity index (χ1) is 24.6. The minimum absolute atomic E-state index is 0.0108. The summed E-state index contributed by atoms with van der Waals surface area (Å²) in [4.78, 5) is 60.3. The molecule has 2 amide bonds. The summed E-state index contributed by atoms with van der Waals surface area (Å²) < 4.78 is 42.6. The lowest BCUT2D eigenvalue weighted by Gasteiger charge is -2.39. The SMILES string of the molecule is Cc1ccc(-c2nc3n(CC(=O)Nc4ccc(C(F)(F)F)cc4Cl)c4c(c(=O)n3n2)C2(CCN(C(=O)c3ncnc(C)c3O)CC2)CC4C)c(C)n1. The molecule has 2 N–H and O–H groups in total. The number of aromatic nitrogens is 7. The van der Waals surface area contributed by atoms with E-state index in [1.165, 1.54) is 10.8 Å². The number of fused-ring (bicyclic) bond motifs is 3. The van der Waals surface area contributed by atoms with E-state index < -0.39 is 34.5 Å². The number of carbonyl (C=O) groups is 2. The van der Waals surface area contributed by atoms with Gasteiger partial charge in [-0.05, 0) is 76.3 Å². The summed E-state index contributed by atoms with van der Waals surface area (Å²) in [6, 6.07) is 6.27. The van der Waals surface area contributed by atoms with Crippen LogP contribution in [0.4, 0.5) is 18.9 Å². The fourth-order valence-corrected chi connectivity index (χ4v) is 7.78. The maximum atomic E-state index is 14.5. The Kier molecular flexibility index (Phi) is 8.55. The highest BCUT2D eigenvalue weighted by atomic mass is 35.5. The standard InChI is InChI=1S/C35H33ClF3N9O4/c1-17-14-34(9-11-46(12-10-34)32(52)27-29(50)20(4)40-16-41-27)26-28(17)47(15-25(49)43-24-8-6-21(13-23(24)36)35(37,38)39)33-44-30(45-48(33)31(26)51)22-7-5-18(2)42-19(22)3/h5-8,13,16-17,50H,9-12,14-15H2,1-4H3,(H,43,49). The van der Waals surface area contributed by atoms with E-state index >= 15 is 0 Å². The summed E-state index contributed by atoms with van der Waals surface area (Å²) in [7, 11) is 0. The Morgan fingerprint density at radius 2 is 1.79 bits per heavy atom. The lowest BCUT2D eigenvalue weighted by molar-refractivity contribution is -0.137. The quantitative estimate of drug-likeness (QED) is 0.242. The fraction of sp³-hybridized carbons (Fsp3) is 0.371. The topological polar surface area (TPSA) is 160 Å². The molecule has 13 nitrogen and oxygen atoms in total. The molecule has 1 aromatic carbocycles. The van der Waals surface area contributed by atoms with Crippen LogP contribution in [0, 0.1) is 20.8 Å². The van der Waals surface area contributed by atoms with Gasteiger partial charge in [0.1, 0.15) is 12.9 Å². The average molecular weight is 736 g/mol. The molecule has 1 unspecified atom stereocenters. The summed E-state index contributed by atoms with van der Waals surface area (Å²) in [5.74, 6) is -1.23. The molecule has 2 aliphatic rings. The number of amides is 2. The van der Waals surface area contributed by atoms with Crippen LogP contribution < -0.4 is 10.9 Å². The Morgan fingerprint density at radius 3 is 2.46 bits per heavy atom. The van der Waals surface area contributed by atoms with E-state index in [-0.39, 0.29) is 65.0 Å². The van der Waals surface area contributed by atoms with Gasteiger partial charge in [0, 0.05) is 46.7 Å². The summed E-state index contributed by atoms with van der Waals surface area (Å²) in [5.41, 5.74) is 1.23. The number of rotatable bonds is 5. The number of nitrogens with zero attached hydrogens (tertiary/aromatic N) is 8. The molecule has 0 saturated carbocycles. The number of alkyl halides is 3. The molecule has 1 spiro atoms. The number of halogens is 4. The molecule has 1 atom stereocenters. The van der Waals surface area contributed by atoms with Crippen molar-refractivity contribution in [3.63, 3.8) is 0 Å². The van der Waals surface area contributed by atoms with Crippen molar-refractivity contribution in [1.29, 1.82) is 0 Å². The van der Waals surface area contributed by atoms with Gasteiger partial charge in [0.2, 0.25) is 11.7 Å². The third kappa shape index (κ3) is 5.93. The van der Waals surface area contributed by atoms with E-state index in [0.29, 0.717) is 41.8 Å². The highest BCUT2D eigenvalue weighted by Gasteiger charge is 2.49. The van der Waals surface area contributed by atoms with Crippen molar-refractivity contribution in [1.82, 2.24) is 39.0 Å². The van der Waals surface area contributed by atoms with E-state index in [9.17, 15) is 32.7 Å². The normalized spacial score (nSPS) is 16.8. The van der Waals surface area contributed by atoms with E-state index in [0.717, 1.165) is 23.9 Å². The molecule has 52 heavy (non-hydrogen) atoms. The first-order valence-electron chi connectivity index (χ1n) is 16.5. The molecule has 1 fully saturated rings. The molecule has 5 aromatic rings. The second-order valence-corrected chi connectivity index (χ2v) is 13.9. The second kappa shape index (κ2) is 12.7. The van der Waals surface area contributed by atoms with E-state index in [1.807, 2.05) is 19.9 Å². The maximum Gasteiger partial charge on any atom is 0.416 e. The monoisotopic (exact) mass is 735 g/mol. The van der Waals surface area contributed by atoms with Crippen LogP contribution in [0.1, 0.15) is 76.5 Å². The number of carbonyl (C=O) groups excluding carboxylic acids is 2. The zero-order valence-corrected chi connectivity index (χ0v) is 29.3. The molecule has 270 valence electrons. The molecule has 0 radical (unpaired) electrons. The maximum absolute atomic E-state index is 14.5. The van der Waals surface area contributed by atoms with Crippen LogP contribution >= 0.6 is 11.6 Å². The Labute approximate surface area is 299 Å². The Hall–Kier alpha value is -5.38. The van der Waals surface area contributed by atoms with Gasteiger partial charge in [0.25, 0.3) is 11.5 Å². The van der Waals surface area contributed by atoms with Crippen LogP contribution in [0.25, 0.3) is 17.2 Å². The average Bonchev–Trinajstić information content (AvgIpc) is 3.64. The Morgan fingerprint density at radius 1 is 1.06 bits per heavy atom. The van der Waals surface area contributed by atoms with E-state index in [4.69, 9.17) is 16.6 Å². The van der Waals surface area contributed by atoms with Gasteiger partial charge in [-0.2, -0.15) is 22.7 Å². The smallest absolute Gasteiger partial charge is 0.416 e. The molecule has 1 saturated heterocycles. The van der Waals surface area contributed by atoms with E-state index in [2.05, 4.69) is 25.4 Å². The number of nitrogens with one attached hydrogen (secondary N) is 1. The summed E-state index contributed by atoms with van der Waals surface area (Å²) in [5, 5.41) is 17.4. The van der Waals surface area contributed by atoms with Crippen LogP contribution in [0.3, 0.4) is 0 Å². The van der Waals surface area contributed by atoms with Gasteiger partial charge in [-0.1, -0.05) is 18.5 Å². The predicted octanol–water partition coefficient (Wildman–Crippen LogP) is 5.37. The van der Waals surface area contributed by atoms with Crippen LogP contribution in [0.5, 0.6) is 5.75 Å². The Bertz CT molecular complexity index is 2350. The first-order valence-corrected chi connectivity index (χ1v) is 16.9. The zero-order chi connectivity index (χ0) is 37.3. The van der Waals surface area contributed by atoms with Crippen LogP contribution in [0.2, 0.25) is 5.02 Å². The van der Waals surface area contributed by atoms with Gasteiger partial charge in [-0.25, -0.2) is 9.97 Å². The van der Waals surface area contributed by atoms with Gasteiger partial charge < -0.3 is 19.9 Å². The molecular formula is C35H33ClF3N9O4. The van der Waals surface area contributed by atoms with Crippen molar-refractivity contribution in [2.45, 2.75) is 71.0 Å². The van der Waals surface area contributed by atoms with Gasteiger partial charge in [0.05, 0.1) is 22.0 Å². The third-order valence-corrected chi connectivity index (χ3v) is 10.3. The lowest BCUT2D eigenvalue weighted by atomic mass is 9.73. The zero-order valence-electron chi connectivity index (χ0n) is 28.5. The Balaban J connectivity index is 1.29. The van der Waals surface area contributed by atoms with Gasteiger partial charge in [0.15, 0.2) is 17.3 Å². The van der Waals surface area contributed by atoms with Crippen molar-refractivity contribution >= 4 is 34.9 Å². The number of pyridine rings is 1. The first kappa shape index (κ1) is 35.0. The van der Waals surface area contributed by atoms with Crippen LogP contribution in [0.15, 0.2) is 41.5 Å². The third-order valence-electron chi connectivity index (χ3n) is 10.0. The minimum atomic E-state index is -4.61. The number of aryl methyl sites for hydroxylation is 3. The van der Waals surface area contributed by atoms with Crippen molar-refractivity contribution in [3.8, 4) is 17.1 Å². The summed E-state index contributed by atoms with van der Waals surface area (Å²) in [6.45, 7) is 7.37. The minimum Gasteiger partial charge on any atom is -0.504 e. The number of anilines is 1. The molecular weight excluding hydrogens is 703 g/mol. The molecule has 4 aromatic heterocycles. The number of hydrogen-bond acceptors (Lipinski definition) is 9. The van der Waals surface area contributed by atoms with Gasteiger partial charge in [-0.15, -0.1) is 5.10 Å². The van der Waals surface area contributed by atoms with Crippen molar-refractivity contribution in [2.24, 2.45) is 0 Å². The van der Waals surface area contributed by atoms with Crippen molar-refractivity contribution in [3.05, 3.63) is 91.6 Å². The second-order valence-electron chi connectivity index (χ2n) is 13.5. The molecule has 1 aliphatic carbocycles. The van der Waals surface area contributed by atoms with Crippen molar-refractivity contribution in [2.75, 3.05) is 18.4 Å². The molecule has 17 heteroatoms. The molecule has 0 bridgehead atoms. The number of aromatic hydroxyl groups is 1. The summed E-state index contributed by atoms with van der Waals surface area (Å²) in [6.07, 6.45) is -2.02. The molecule has 1 aliphatic heterocycles. The highest BCUT2D eigenvalue weighted by Crippen LogP contribution is 2.50. The van der Waals surface area contributed by atoms with Crippen molar-refractivity contribution < 1.29 is 27.9 Å². The number of piperidine rings is 1. The predicted molar refractivity (Wildman–Crippen MR) is 183 cm³/mol. The molecule has 7 rings (SSSR count). The number of likely N-dealkylation sites (tertiary alicyclic amines) is 1. The number of hydrogen-bond donors (Lipinski definition) is 2. The van der Waals surface area contributed by atoms with Gasteiger partial charge in [-0.3, -0.25) is 19.4 Å². The number of benzene rings is 1. The van der Waals surface area contributed by atoms with Crippen LogP contribution in [-0.2, 0) is 22.9 Å². The highest BCUT2D eigenvalue weighted by molar-refractivity contribution is 6.33. The lowest BCUT2D eigenvalue weighted by Crippen LogP contribution is -2.46. The van der Waals surface area contributed by atoms with E-state index in [1.54, 1.807) is 29.4 Å². The summed E-state index contributed by atoms with van der Waals surface area (Å²) >= 11 is 6.16.